The van der Waals surface area contributed by atoms with E-state index in [0.29, 0.717) is 19.2 Å². The van der Waals surface area contributed by atoms with Gasteiger partial charge in [0, 0.05) is 32.3 Å². The second-order valence-electron chi connectivity index (χ2n) is 7.51. The van der Waals surface area contributed by atoms with E-state index in [4.69, 9.17) is 9.47 Å². The summed E-state index contributed by atoms with van der Waals surface area (Å²) >= 11 is 0. The third-order valence-corrected chi connectivity index (χ3v) is 5.46. The zero-order valence-electron chi connectivity index (χ0n) is 15.3. The molecule has 1 aromatic rings. The lowest BCUT2D eigenvalue weighted by molar-refractivity contribution is -0.0674. The fourth-order valence-corrected chi connectivity index (χ4v) is 4.02. The van der Waals surface area contributed by atoms with Crippen LogP contribution in [0.15, 0.2) is 30.3 Å². The molecule has 25 heavy (non-hydrogen) atoms. The molecule has 1 saturated heterocycles. The highest BCUT2D eigenvalue weighted by atomic mass is 16.5. The number of aliphatic hydroxyl groups is 1. The van der Waals surface area contributed by atoms with Gasteiger partial charge in [0.25, 0.3) is 0 Å². The molecular formula is C21H33NO3. The predicted molar refractivity (Wildman–Crippen MR) is 99.5 cm³/mol. The minimum absolute atomic E-state index is 0.251. The average Bonchev–Trinajstić information content (AvgIpc) is 2.68. The van der Waals surface area contributed by atoms with E-state index >= 15 is 0 Å². The first-order valence-corrected chi connectivity index (χ1v) is 9.96. The van der Waals surface area contributed by atoms with Gasteiger partial charge in [-0.2, -0.15) is 0 Å². The van der Waals surface area contributed by atoms with Gasteiger partial charge in [0.1, 0.15) is 0 Å². The van der Waals surface area contributed by atoms with Gasteiger partial charge in [0.05, 0.1) is 18.8 Å². The molecule has 1 aliphatic carbocycles. The van der Waals surface area contributed by atoms with Gasteiger partial charge in [-0.3, -0.25) is 4.90 Å². The van der Waals surface area contributed by atoms with Gasteiger partial charge in [-0.1, -0.05) is 49.6 Å². The summed E-state index contributed by atoms with van der Waals surface area (Å²) < 4.78 is 11.3. The smallest absolute Gasteiger partial charge is 0.0900 e. The molecule has 4 heteroatoms. The van der Waals surface area contributed by atoms with Crippen molar-refractivity contribution in [2.24, 2.45) is 0 Å². The zero-order valence-corrected chi connectivity index (χ0v) is 15.3. The Morgan fingerprint density at radius 1 is 1.04 bits per heavy atom. The fourth-order valence-electron chi connectivity index (χ4n) is 4.02. The van der Waals surface area contributed by atoms with E-state index in [1.165, 1.54) is 37.7 Å². The van der Waals surface area contributed by atoms with Gasteiger partial charge in [-0.05, 0) is 31.2 Å². The van der Waals surface area contributed by atoms with Crippen LogP contribution in [-0.2, 0) is 16.0 Å². The summed E-state index contributed by atoms with van der Waals surface area (Å²) in [7, 11) is 0. The molecule has 1 N–H and O–H groups in total. The van der Waals surface area contributed by atoms with Gasteiger partial charge in [-0.15, -0.1) is 0 Å². The second kappa shape index (κ2) is 10.3. The van der Waals surface area contributed by atoms with Crippen LogP contribution in [0, 0.1) is 0 Å². The summed E-state index contributed by atoms with van der Waals surface area (Å²) in [6.07, 6.45) is 8.20. The summed E-state index contributed by atoms with van der Waals surface area (Å²) in [5, 5.41) is 10.6. The molecule has 1 aliphatic heterocycles. The Morgan fingerprint density at radius 2 is 1.76 bits per heavy atom. The predicted octanol–water partition coefficient (Wildman–Crippen LogP) is 3.38. The Bertz CT molecular complexity index is 469. The molecule has 1 saturated carbocycles. The topological polar surface area (TPSA) is 41.9 Å². The average molecular weight is 347 g/mol. The molecule has 140 valence electrons. The lowest BCUT2D eigenvalue weighted by Gasteiger charge is -2.36. The highest BCUT2D eigenvalue weighted by molar-refractivity contribution is 5.14. The van der Waals surface area contributed by atoms with Crippen LogP contribution in [0.1, 0.15) is 50.5 Å². The van der Waals surface area contributed by atoms with E-state index in [1.807, 2.05) is 0 Å². The number of rotatable bonds is 8. The molecule has 0 bridgehead atoms. The van der Waals surface area contributed by atoms with Crippen LogP contribution in [-0.4, -0.2) is 54.6 Å². The lowest BCUT2D eigenvalue weighted by Crippen LogP contribution is -2.43. The monoisotopic (exact) mass is 347 g/mol. The minimum atomic E-state index is -0.423. The third kappa shape index (κ3) is 6.37. The van der Waals surface area contributed by atoms with E-state index in [9.17, 15) is 5.11 Å². The number of hydrogen-bond donors (Lipinski definition) is 1. The Hall–Kier alpha value is -0.940. The first-order chi connectivity index (χ1) is 12.3. The molecule has 0 aromatic heterocycles. The molecule has 1 atom stereocenters. The van der Waals surface area contributed by atoms with Crippen molar-refractivity contribution in [2.45, 2.75) is 69.7 Å². The number of benzene rings is 1. The van der Waals surface area contributed by atoms with Crippen LogP contribution >= 0.6 is 0 Å². The number of ether oxygens (including phenoxy) is 2. The van der Waals surface area contributed by atoms with Crippen LogP contribution < -0.4 is 0 Å². The van der Waals surface area contributed by atoms with Crippen LogP contribution in [0.5, 0.6) is 0 Å². The van der Waals surface area contributed by atoms with Crippen molar-refractivity contribution < 1.29 is 14.6 Å². The molecule has 2 fully saturated rings. The lowest BCUT2D eigenvalue weighted by atomic mass is 9.93. The highest BCUT2D eigenvalue weighted by Gasteiger charge is 2.24. The van der Waals surface area contributed by atoms with Crippen molar-refractivity contribution in [3.8, 4) is 0 Å². The summed E-state index contributed by atoms with van der Waals surface area (Å²) in [4.78, 5) is 2.48. The van der Waals surface area contributed by atoms with Gasteiger partial charge in [0.15, 0.2) is 0 Å². The molecule has 2 aliphatic rings. The largest absolute Gasteiger partial charge is 0.389 e. The van der Waals surface area contributed by atoms with Gasteiger partial charge >= 0.3 is 0 Å². The quantitative estimate of drug-likeness (QED) is 0.783. The van der Waals surface area contributed by atoms with Crippen LogP contribution in [0.2, 0.25) is 0 Å². The summed E-state index contributed by atoms with van der Waals surface area (Å²) in [6, 6.07) is 11.2. The molecule has 0 radical (unpaired) electrons. The Morgan fingerprint density at radius 3 is 2.48 bits per heavy atom. The van der Waals surface area contributed by atoms with E-state index in [2.05, 4.69) is 35.2 Å². The highest BCUT2D eigenvalue weighted by Crippen LogP contribution is 2.24. The van der Waals surface area contributed by atoms with E-state index < -0.39 is 6.10 Å². The van der Waals surface area contributed by atoms with Gasteiger partial charge < -0.3 is 14.6 Å². The van der Waals surface area contributed by atoms with Gasteiger partial charge in [-0.25, -0.2) is 0 Å². The molecule has 4 nitrogen and oxygen atoms in total. The van der Waals surface area contributed by atoms with Crippen molar-refractivity contribution in [1.82, 2.24) is 4.90 Å². The SMILES string of the molecule is OC(COC1CCOCC1)CN(Cc1ccccc1)C1CCCCC1. The molecule has 0 amide bonds. The normalized spacial score (nSPS) is 21.5. The molecule has 1 unspecified atom stereocenters. The first-order valence-electron chi connectivity index (χ1n) is 9.96. The van der Waals surface area contributed by atoms with E-state index in [1.54, 1.807) is 0 Å². The van der Waals surface area contributed by atoms with Crippen molar-refractivity contribution in [1.29, 1.82) is 0 Å². The summed E-state index contributed by atoms with van der Waals surface area (Å²) in [5.41, 5.74) is 1.32. The van der Waals surface area contributed by atoms with Crippen molar-refractivity contribution in [2.75, 3.05) is 26.4 Å². The number of aliphatic hydroxyl groups excluding tert-OH is 1. The fraction of sp³-hybridized carbons (Fsp3) is 0.714. The van der Waals surface area contributed by atoms with E-state index in [0.717, 1.165) is 32.6 Å². The van der Waals surface area contributed by atoms with Crippen molar-refractivity contribution in [3.63, 3.8) is 0 Å². The Kier molecular flexibility index (Phi) is 7.74. The number of nitrogens with zero attached hydrogens (tertiary/aromatic N) is 1. The third-order valence-electron chi connectivity index (χ3n) is 5.46. The Balaban J connectivity index is 1.52. The zero-order chi connectivity index (χ0) is 17.3. The first kappa shape index (κ1) is 18.8. The molecule has 0 spiro atoms. The molecule has 3 rings (SSSR count). The summed E-state index contributed by atoms with van der Waals surface area (Å²) in [5.74, 6) is 0. The van der Waals surface area contributed by atoms with Crippen LogP contribution in [0.4, 0.5) is 0 Å². The molecular weight excluding hydrogens is 314 g/mol. The van der Waals surface area contributed by atoms with E-state index in [-0.39, 0.29) is 6.10 Å². The molecule has 1 heterocycles. The van der Waals surface area contributed by atoms with Crippen LogP contribution in [0.25, 0.3) is 0 Å². The molecule has 1 aromatic carbocycles. The minimum Gasteiger partial charge on any atom is -0.389 e. The van der Waals surface area contributed by atoms with Crippen molar-refractivity contribution in [3.05, 3.63) is 35.9 Å². The maximum absolute atomic E-state index is 10.6. The van der Waals surface area contributed by atoms with Crippen LogP contribution in [0.3, 0.4) is 0 Å². The van der Waals surface area contributed by atoms with Gasteiger partial charge in [0.2, 0.25) is 0 Å². The summed E-state index contributed by atoms with van der Waals surface area (Å²) in [6.45, 7) is 3.61. The van der Waals surface area contributed by atoms with Crippen molar-refractivity contribution >= 4 is 0 Å². The Labute approximate surface area is 152 Å². The second-order valence-corrected chi connectivity index (χ2v) is 7.51. The standard InChI is InChI=1S/C21H33NO3/c23-20(17-25-21-11-13-24-14-12-21)16-22(19-9-5-2-6-10-19)15-18-7-3-1-4-8-18/h1,3-4,7-8,19-21,23H,2,5-6,9-17H2. The maximum atomic E-state index is 10.6. The number of hydrogen-bond acceptors (Lipinski definition) is 4. The maximum Gasteiger partial charge on any atom is 0.0900 e.